The highest BCUT2D eigenvalue weighted by atomic mass is 16.5. The molecule has 6 rings (SSSR count). The minimum atomic E-state index is -0.177. The Kier molecular flexibility index (Phi) is 3.81. The van der Waals surface area contributed by atoms with Gasteiger partial charge in [0.25, 0.3) is 5.91 Å². The fourth-order valence-corrected chi connectivity index (χ4v) is 6.28. The fraction of sp³-hybridized carbons (Fsp3) is 0.545. The number of nitrogens with one attached hydrogen (secondary N) is 2. The molecule has 4 fully saturated rings. The molecular formula is C22H26N2O3. The lowest BCUT2D eigenvalue weighted by Gasteiger charge is -2.57. The first-order valence-corrected chi connectivity index (χ1v) is 10.1. The van der Waals surface area contributed by atoms with Gasteiger partial charge in [-0.25, -0.2) is 0 Å². The second-order valence-corrected chi connectivity index (χ2v) is 9.06. The number of hydrogen-bond acceptors (Lipinski definition) is 3. The maximum absolute atomic E-state index is 12.6. The summed E-state index contributed by atoms with van der Waals surface area (Å²) < 4.78 is 5.36. The number of ether oxygens (including phenoxy) is 1. The number of carbonyl (C=O) groups excluding carboxylic acids is 2. The first kappa shape index (κ1) is 16.8. The van der Waals surface area contributed by atoms with Crippen LogP contribution in [-0.2, 0) is 9.59 Å². The van der Waals surface area contributed by atoms with Crippen molar-refractivity contribution >= 4 is 23.2 Å². The van der Waals surface area contributed by atoms with E-state index in [1.165, 1.54) is 44.1 Å². The van der Waals surface area contributed by atoms with E-state index in [9.17, 15) is 9.59 Å². The number of rotatable bonds is 3. The van der Waals surface area contributed by atoms with Crippen LogP contribution in [-0.4, -0.2) is 18.4 Å². The molecule has 5 aliphatic rings. The van der Waals surface area contributed by atoms with Gasteiger partial charge in [0, 0.05) is 11.8 Å². The monoisotopic (exact) mass is 366 g/mol. The summed E-state index contributed by atoms with van der Waals surface area (Å²) in [6.07, 6.45) is 9.80. The fourth-order valence-electron chi connectivity index (χ4n) is 6.28. The number of benzene rings is 1. The Hall–Kier alpha value is -2.30. The molecular weight excluding hydrogens is 340 g/mol. The van der Waals surface area contributed by atoms with E-state index in [2.05, 4.69) is 17.6 Å². The summed E-state index contributed by atoms with van der Waals surface area (Å²) >= 11 is 0. The Morgan fingerprint density at radius 1 is 1.19 bits per heavy atom. The van der Waals surface area contributed by atoms with E-state index in [4.69, 9.17) is 4.74 Å². The van der Waals surface area contributed by atoms with E-state index < -0.39 is 0 Å². The van der Waals surface area contributed by atoms with Crippen LogP contribution in [0.4, 0.5) is 11.4 Å². The van der Waals surface area contributed by atoms with Crippen LogP contribution < -0.4 is 15.4 Å². The number of allylic oxidation sites excluding steroid dienone is 1. The first-order valence-electron chi connectivity index (χ1n) is 10.1. The van der Waals surface area contributed by atoms with Crippen molar-refractivity contribution in [3.05, 3.63) is 29.8 Å². The van der Waals surface area contributed by atoms with Crippen molar-refractivity contribution in [1.82, 2.24) is 0 Å². The molecule has 1 aromatic carbocycles. The minimum absolute atomic E-state index is 0.0334. The second-order valence-electron chi connectivity index (χ2n) is 9.06. The smallest absolute Gasteiger partial charge is 0.262 e. The Balaban J connectivity index is 1.32. The molecule has 0 aromatic heterocycles. The Bertz CT molecular complexity index is 807. The van der Waals surface area contributed by atoms with Crippen molar-refractivity contribution in [2.24, 2.45) is 23.2 Å². The maximum atomic E-state index is 12.6. The lowest BCUT2D eigenvalue weighted by Crippen LogP contribution is -2.46. The van der Waals surface area contributed by atoms with Crippen molar-refractivity contribution in [3.63, 3.8) is 0 Å². The summed E-state index contributed by atoms with van der Waals surface area (Å²) in [6, 6.07) is 5.33. The van der Waals surface area contributed by atoms with Crippen LogP contribution in [0.15, 0.2) is 29.8 Å². The largest absolute Gasteiger partial charge is 0.482 e. The third kappa shape index (κ3) is 3.03. The van der Waals surface area contributed by atoms with Crippen molar-refractivity contribution < 1.29 is 14.3 Å². The topological polar surface area (TPSA) is 67.4 Å². The normalized spacial score (nSPS) is 33.9. The molecule has 4 aliphatic carbocycles. The standard InChI is InChI=1S/C22H26N2O3/c1-13(22-9-14-5-15(10-22)7-16(6-14)11-22)4-20(25)23-17-2-3-19-18(8-17)24-21(26)12-27-19/h2-4,8,14-16H,5-7,9-12H2,1H3,(H,23,25)(H,24,26)/b13-4+. The van der Waals surface area contributed by atoms with Crippen LogP contribution in [0.5, 0.6) is 5.75 Å². The molecule has 27 heavy (non-hydrogen) atoms. The maximum Gasteiger partial charge on any atom is 0.262 e. The van der Waals surface area contributed by atoms with Gasteiger partial charge in [-0.2, -0.15) is 0 Å². The van der Waals surface area contributed by atoms with Crippen LogP contribution in [0.3, 0.4) is 0 Å². The molecule has 0 atom stereocenters. The number of carbonyl (C=O) groups is 2. The predicted octanol–water partition coefficient (Wildman–Crippen LogP) is 4.12. The van der Waals surface area contributed by atoms with Gasteiger partial charge in [0.2, 0.25) is 5.91 Å². The van der Waals surface area contributed by atoms with Crippen LogP contribution in [0.1, 0.15) is 45.4 Å². The quantitative estimate of drug-likeness (QED) is 0.791. The van der Waals surface area contributed by atoms with Gasteiger partial charge in [-0.1, -0.05) is 5.57 Å². The summed E-state index contributed by atoms with van der Waals surface area (Å²) in [6.45, 7) is 2.18. The van der Waals surface area contributed by atoms with Crippen molar-refractivity contribution in [1.29, 1.82) is 0 Å². The Labute approximate surface area is 159 Å². The predicted molar refractivity (Wildman–Crippen MR) is 104 cm³/mol. The summed E-state index contributed by atoms with van der Waals surface area (Å²) in [5.41, 5.74) is 2.77. The molecule has 4 bridgehead atoms. The summed E-state index contributed by atoms with van der Waals surface area (Å²) in [7, 11) is 0. The molecule has 5 heteroatoms. The van der Waals surface area contributed by atoms with Gasteiger partial charge in [0.05, 0.1) is 5.69 Å². The molecule has 1 heterocycles. The van der Waals surface area contributed by atoms with Crippen LogP contribution in [0.25, 0.3) is 0 Å². The molecule has 2 N–H and O–H groups in total. The number of amides is 2. The van der Waals surface area contributed by atoms with E-state index in [0.717, 1.165) is 17.8 Å². The van der Waals surface area contributed by atoms with Crippen molar-refractivity contribution in [3.8, 4) is 5.75 Å². The molecule has 4 saturated carbocycles. The Morgan fingerprint density at radius 2 is 1.85 bits per heavy atom. The zero-order chi connectivity index (χ0) is 18.6. The van der Waals surface area contributed by atoms with Crippen molar-refractivity contribution in [2.75, 3.05) is 17.2 Å². The van der Waals surface area contributed by atoms with Crippen molar-refractivity contribution in [2.45, 2.75) is 45.4 Å². The Morgan fingerprint density at radius 3 is 2.52 bits per heavy atom. The molecule has 0 saturated heterocycles. The van der Waals surface area contributed by atoms with E-state index in [1.54, 1.807) is 12.1 Å². The molecule has 5 nitrogen and oxygen atoms in total. The first-order chi connectivity index (χ1) is 13.0. The van der Waals surface area contributed by atoms with Crippen LogP contribution in [0, 0.1) is 23.2 Å². The highest BCUT2D eigenvalue weighted by Gasteiger charge is 2.51. The van der Waals surface area contributed by atoms with E-state index in [-0.39, 0.29) is 23.8 Å². The van der Waals surface area contributed by atoms with Gasteiger partial charge >= 0.3 is 0 Å². The highest BCUT2D eigenvalue weighted by molar-refractivity contribution is 6.01. The average molecular weight is 366 g/mol. The van der Waals surface area contributed by atoms with Gasteiger partial charge in [-0.3, -0.25) is 9.59 Å². The molecule has 0 unspecified atom stereocenters. The third-order valence-corrected chi connectivity index (χ3v) is 7.10. The molecule has 1 aromatic rings. The lowest BCUT2D eigenvalue weighted by atomic mass is 9.48. The van der Waals surface area contributed by atoms with Gasteiger partial charge in [0.15, 0.2) is 6.61 Å². The molecule has 1 aliphatic heterocycles. The van der Waals surface area contributed by atoms with Gasteiger partial charge in [-0.15, -0.1) is 0 Å². The molecule has 0 spiro atoms. The van der Waals surface area contributed by atoms with Gasteiger partial charge in [0.1, 0.15) is 5.75 Å². The summed E-state index contributed by atoms with van der Waals surface area (Å²) in [5, 5.41) is 5.72. The van der Waals surface area contributed by atoms with E-state index >= 15 is 0 Å². The number of hydrogen-bond donors (Lipinski definition) is 2. The van der Waals surface area contributed by atoms with E-state index in [0.29, 0.717) is 17.1 Å². The number of fused-ring (bicyclic) bond motifs is 1. The highest BCUT2D eigenvalue weighted by Crippen LogP contribution is 2.62. The van der Waals surface area contributed by atoms with Gasteiger partial charge in [-0.05, 0) is 86.8 Å². The molecule has 0 radical (unpaired) electrons. The second kappa shape index (κ2) is 6.11. The SMILES string of the molecule is C/C(=C\C(=O)Nc1ccc2c(c1)NC(=O)CO2)C12CC3CC(CC(C3)C1)C2. The lowest BCUT2D eigenvalue weighted by molar-refractivity contribution is -0.118. The van der Waals surface area contributed by atoms with E-state index in [1.807, 2.05) is 12.1 Å². The third-order valence-electron chi connectivity index (χ3n) is 7.10. The summed E-state index contributed by atoms with van der Waals surface area (Å²) in [5.74, 6) is 2.97. The van der Waals surface area contributed by atoms with Crippen LogP contribution in [0.2, 0.25) is 0 Å². The minimum Gasteiger partial charge on any atom is -0.482 e. The number of anilines is 2. The summed E-state index contributed by atoms with van der Waals surface area (Å²) in [4.78, 5) is 24.1. The van der Waals surface area contributed by atoms with Crippen LogP contribution >= 0.6 is 0 Å². The molecule has 142 valence electrons. The van der Waals surface area contributed by atoms with Gasteiger partial charge < -0.3 is 15.4 Å². The zero-order valence-electron chi connectivity index (χ0n) is 15.7. The zero-order valence-corrected chi connectivity index (χ0v) is 15.7. The average Bonchev–Trinajstić information content (AvgIpc) is 2.60. The molecule has 2 amide bonds.